The first kappa shape index (κ1) is 28.5. The molecular formula is C26H36N6O4S2. The standard InChI is InChI=1S/C26H32N6O4.2H2S/c1-16-9-18-13-27-32(22(18)11-21(16)17-3-6-30(7-4-17)8-5-25(33)34)24-12-23(28-26(29-24)35-2)31-14-20-10-19(31)15-36-20;;/h9,11-13,17,19-20H,3-8,10,14-15H2,1-2H3,(H,33,34);2*1H2/t19-,20-;;/m0../s1. The summed E-state index contributed by atoms with van der Waals surface area (Å²) < 4.78 is 13.1. The normalized spacial score (nSPS) is 21.4. The molecule has 3 aliphatic rings. The highest BCUT2D eigenvalue weighted by Gasteiger charge is 2.40. The van der Waals surface area contributed by atoms with Gasteiger partial charge in [0.25, 0.3) is 0 Å². The SMILES string of the molecule is COc1nc(N2C[C@@H]3C[C@H]2CO3)cc(-n2ncc3cc(C)c(C4CCN(CCC(=O)O)CC4)cc32)n1.S.S. The number of aliphatic carboxylic acids is 1. The van der Waals surface area contributed by atoms with E-state index < -0.39 is 5.97 Å². The van der Waals surface area contributed by atoms with Crippen molar-refractivity contribution in [1.82, 2.24) is 24.6 Å². The molecule has 6 rings (SSSR count). The number of hydrogen-bond acceptors (Lipinski definition) is 8. The van der Waals surface area contributed by atoms with Gasteiger partial charge in [-0.05, 0) is 68.5 Å². The van der Waals surface area contributed by atoms with Gasteiger partial charge in [-0.3, -0.25) is 4.79 Å². The molecule has 2 aromatic heterocycles. The van der Waals surface area contributed by atoms with E-state index in [1.807, 2.05) is 16.9 Å². The maximum absolute atomic E-state index is 10.9. The zero-order valence-electron chi connectivity index (χ0n) is 21.8. The Morgan fingerprint density at radius 2 is 1.92 bits per heavy atom. The number of carboxylic acid groups (broad SMARTS) is 1. The second-order valence-corrected chi connectivity index (χ2v) is 10.2. The summed E-state index contributed by atoms with van der Waals surface area (Å²) in [5.41, 5.74) is 3.61. The van der Waals surface area contributed by atoms with Crippen molar-refractivity contribution >= 4 is 49.7 Å². The average molecular weight is 561 g/mol. The molecule has 0 radical (unpaired) electrons. The third-order valence-electron chi connectivity index (χ3n) is 7.90. The van der Waals surface area contributed by atoms with Crippen LogP contribution in [0.25, 0.3) is 16.7 Å². The van der Waals surface area contributed by atoms with E-state index >= 15 is 0 Å². The molecule has 0 spiro atoms. The van der Waals surface area contributed by atoms with Crippen LogP contribution < -0.4 is 9.64 Å². The molecule has 206 valence electrons. The number of morpholine rings is 1. The summed E-state index contributed by atoms with van der Waals surface area (Å²) in [5.74, 6) is 1.24. The van der Waals surface area contributed by atoms with Crippen LogP contribution in [0.1, 0.15) is 42.7 Å². The van der Waals surface area contributed by atoms with Gasteiger partial charge in [0.2, 0.25) is 0 Å². The minimum absolute atomic E-state index is 0. The lowest BCUT2D eigenvalue weighted by Crippen LogP contribution is -2.37. The summed E-state index contributed by atoms with van der Waals surface area (Å²) in [5, 5.41) is 14.8. The van der Waals surface area contributed by atoms with Crippen LogP contribution in [-0.4, -0.2) is 87.8 Å². The number of ether oxygens (including phenoxy) is 2. The van der Waals surface area contributed by atoms with Crippen molar-refractivity contribution in [3.05, 3.63) is 35.5 Å². The summed E-state index contributed by atoms with van der Waals surface area (Å²) in [6.45, 7) is 6.19. The molecule has 38 heavy (non-hydrogen) atoms. The largest absolute Gasteiger partial charge is 0.481 e. The first-order valence-electron chi connectivity index (χ1n) is 12.7. The average Bonchev–Trinajstić information content (AvgIpc) is 3.63. The van der Waals surface area contributed by atoms with Crippen LogP contribution in [0, 0.1) is 6.92 Å². The minimum Gasteiger partial charge on any atom is -0.481 e. The van der Waals surface area contributed by atoms with Gasteiger partial charge in [-0.1, -0.05) is 0 Å². The molecule has 10 nitrogen and oxygen atoms in total. The maximum atomic E-state index is 10.9. The molecule has 0 saturated carbocycles. The van der Waals surface area contributed by atoms with E-state index in [9.17, 15) is 4.79 Å². The molecule has 0 amide bonds. The van der Waals surface area contributed by atoms with Gasteiger partial charge in [0.05, 0.1) is 44.0 Å². The molecule has 5 heterocycles. The number of benzene rings is 1. The Labute approximate surface area is 236 Å². The zero-order chi connectivity index (χ0) is 24.8. The third kappa shape index (κ3) is 5.45. The van der Waals surface area contributed by atoms with E-state index in [2.05, 4.69) is 38.8 Å². The first-order valence-corrected chi connectivity index (χ1v) is 12.7. The fraction of sp³-hybridized carbons (Fsp3) is 0.538. The van der Waals surface area contributed by atoms with Gasteiger partial charge >= 0.3 is 12.0 Å². The van der Waals surface area contributed by atoms with Crippen LogP contribution in [0.2, 0.25) is 0 Å². The topological polar surface area (TPSA) is 106 Å². The van der Waals surface area contributed by atoms with Gasteiger partial charge in [0.15, 0.2) is 5.82 Å². The number of likely N-dealkylation sites (tertiary alicyclic amines) is 1. The van der Waals surface area contributed by atoms with Crippen LogP contribution in [-0.2, 0) is 9.53 Å². The molecule has 3 aliphatic heterocycles. The number of fused-ring (bicyclic) bond motifs is 3. The van der Waals surface area contributed by atoms with Gasteiger partial charge in [0.1, 0.15) is 5.82 Å². The minimum atomic E-state index is -0.734. The molecule has 1 N–H and O–H groups in total. The van der Waals surface area contributed by atoms with E-state index in [0.717, 1.165) is 62.2 Å². The molecule has 1 aromatic carbocycles. The predicted octanol–water partition coefficient (Wildman–Crippen LogP) is 2.99. The summed E-state index contributed by atoms with van der Waals surface area (Å²) >= 11 is 0. The third-order valence-corrected chi connectivity index (χ3v) is 7.90. The van der Waals surface area contributed by atoms with Crippen LogP contribution >= 0.6 is 27.0 Å². The first-order chi connectivity index (χ1) is 17.5. The van der Waals surface area contributed by atoms with Gasteiger partial charge in [-0.15, -0.1) is 0 Å². The van der Waals surface area contributed by atoms with Gasteiger partial charge in [-0.2, -0.15) is 42.1 Å². The second-order valence-electron chi connectivity index (χ2n) is 10.2. The van der Waals surface area contributed by atoms with Crippen molar-refractivity contribution in [3.63, 3.8) is 0 Å². The Morgan fingerprint density at radius 3 is 2.58 bits per heavy atom. The zero-order valence-corrected chi connectivity index (χ0v) is 23.8. The Kier molecular flexibility index (Phi) is 8.75. The van der Waals surface area contributed by atoms with E-state index in [1.54, 1.807) is 7.11 Å². The molecule has 2 bridgehead atoms. The molecule has 3 fully saturated rings. The highest BCUT2D eigenvalue weighted by molar-refractivity contribution is 7.59. The van der Waals surface area contributed by atoms with Crippen LogP contribution in [0.15, 0.2) is 24.4 Å². The van der Waals surface area contributed by atoms with Crippen molar-refractivity contribution in [2.24, 2.45) is 0 Å². The summed E-state index contributed by atoms with van der Waals surface area (Å²) in [7, 11) is 1.59. The monoisotopic (exact) mass is 560 g/mol. The molecular weight excluding hydrogens is 524 g/mol. The molecule has 2 atom stereocenters. The van der Waals surface area contributed by atoms with E-state index in [4.69, 9.17) is 19.7 Å². The van der Waals surface area contributed by atoms with E-state index in [1.165, 1.54) is 11.1 Å². The Hall–Kier alpha value is -2.54. The van der Waals surface area contributed by atoms with Crippen molar-refractivity contribution in [1.29, 1.82) is 0 Å². The molecule has 3 saturated heterocycles. The fourth-order valence-corrected chi connectivity index (χ4v) is 5.98. The van der Waals surface area contributed by atoms with E-state index in [0.29, 0.717) is 30.3 Å². The number of nitrogens with zero attached hydrogens (tertiary/aromatic N) is 6. The van der Waals surface area contributed by atoms with E-state index in [-0.39, 0.29) is 39.5 Å². The second kappa shape index (κ2) is 11.7. The number of hydrogen-bond donors (Lipinski definition) is 1. The van der Waals surface area contributed by atoms with Crippen LogP contribution in [0.5, 0.6) is 6.01 Å². The lowest BCUT2D eigenvalue weighted by molar-refractivity contribution is -0.137. The smallest absolute Gasteiger partial charge is 0.320 e. The predicted molar refractivity (Wildman–Crippen MR) is 155 cm³/mol. The number of anilines is 1. The molecule has 12 heteroatoms. The number of rotatable bonds is 7. The summed E-state index contributed by atoms with van der Waals surface area (Å²) in [6, 6.07) is 7.13. The number of carbonyl (C=O) groups is 1. The Morgan fingerprint density at radius 1 is 1.16 bits per heavy atom. The highest BCUT2D eigenvalue weighted by atomic mass is 32.1. The molecule has 3 aromatic rings. The van der Waals surface area contributed by atoms with Crippen molar-refractivity contribution in [2.45, 2.75) is 50.7 Å². The van der Waals surface area contributed by atoms with Gasteiger partial charge in [0, 0.05) is 24.5 Å². The lowest BCUT2D eigenvalue weighted by atomic mass is 9.86. The number of aryl methyl sites for hydroxylation is 1. The quantitative estimate of drug-likeness (QED) is 0.467. The van der Waals surface area contributed by atoms with Gasteiger partial charge < -0.3 is 24.4 Å². The maximum Gasteiger partial charge on any atom is 0.320 e. The molecule has 0 aliphatic carbocycles. The Balaban J connectivity index is 0.00000168. The van der Waals surface area contributed by atoms with Crippen molar-refractivity contribution < 1.29 is 19.4 Å². The van der Waals surface area contributed by atoms with Crippen molar-refractivity contribution in [2.75, 3.05) is 44.8 Å². The van der Waals surface area contributed by atoms with Gasteiger partial charge in [-0.25, -0.2) is 4.68 Å². The number of carboxylic acids is 1. The fourth-order valence-electron chi connectivity index (χ4n) is 5.98. The van der Waals surface area contributed by atoms with Crippen LogP contribution in [0.4, 0.5) is 5.82 Å². The lowest BCUT2D eigenvalue weighted by Gasteiger charge is -2.32. The summed E-state index contributed by atoms with van der Waals surface area (Å²) in [4.78, 5) is 24.8. The number of methoxy groups -OCH3 is 1. The van der Waals surface area contributed by atoms with Crippen LogP contribution in [0.3, 0.4) is 0 Å². The van der Waals surface area contributed by atoms with Crippen molar-refractivity contribution in [3.8, 4) is 11.8 Å². The molecule has 0 unspecified atom stereocenters. The number of aromatic nitrogens is 4. The highest BCUT2D eigenvalue weighted by Crippen LogP contribution is 2.35. The number of piperidine rings is 1. The Bertz CT molecular complexity index is 1300. The summed E-state index contributed by atoms with van der Waals surface area (Å²) in [6.07, 6.45) is 5.43.